The predicted molar refractivity (Wildman–Crippen MR) is 72.9 cm³/mol. The molecule has 0 aromatic rings. The van der Waals surface area contributed by atoms with Crippen molar-refractivity contribution >= 4 is 11.7 Å². The first-order valence-electron chi connectivity index (χ1n) is 6.87. The maximum Gasteiger partial charge on any atom is 0.226 e. The van der Waals surface area contributed by atoms with Crippen LogP contribution in [0.3, 0.4) is 0 Å². The molecule has 4 unspecified atom stereocenters. The Morgan fingerprint density at radius 2 is 2.00 bits per heavy atom. The standard InChI is InChI=1S/C13H25N3O3/c1-8-9(2)19-10(3)12(8)13(17)15-7-5-4-6-11(14)16-18/h8-10,12,18H,4-7H2,1-3H3,(H2,14,16)(H,15,17). The fraction of sp³-hybridized carbons (Fsp3) is 0.846. The number of carbonyl (C=O) groups excluding carboxylic acids is 1. The number of oxime groups is 1. The van der Waals surface area contributed by atoms with Crippen LogP contribution < -0.4 is 11.1 Å². The van der Waals surface area contributed by atoms with Crippen LogP contribution in [0, 0.1) is 11.8 Å². The number of nitrogens with one attached hydrogen (secondary N) is 1. The van der Waals surface area contributed by atoms with Crippen LogP contribution in [0.4, 0.5) is 0 Å². The molecule has 1 rings (SSSR count). The quantitative estimate of drug-likeness (QED) is 0.221. The first-order valence-corrected chi connectivity index (χ1v) is 6.87. The largest absolute Gasteiger partial charge is 0.409 e. The summed E-state index contributed by atoms with van der Waals surface area (Å²) in [5, 5.41) is 14.2. The van der Waals surface area contributed by atoms with Gasteiger partial charge in [0.25, 0.3) is 0 Å². The summed E-state index contributed by atoms with van der Waals surface area (Å²) < 4.78 is 5.66. The summed E-state index contributed by atoms with van der Waals surface area (Å²) in [6, 6.07) is 0. The zero-order valence-corrected chi connectivity index (χ0v) is 11.9. The van der Waals surface area contributed by atoms with Crippen LogP contribution in [0.2, 0.25) is 0 Å². The third-order valence-electron chi connectivity index (χ3n) is 3.83. The Hall–Kier alpha value is -1.30. The van der Waals surface area contributed by atoms with Crippen LogP contribution in [-0.4, -0.2) is 35.7 Å². The highest BCUT2D eigenvalue weighted by atomic mass is 16.5. The van der Waals surface area contributed by atoms with Crippen molar-refractivity contribution in [1.29, 1.82) is 0 Å². The van der Waals surface area contributed by atoms with Gasteiger partial charge in [-0.2, -0.15) is 0 Å². The van der Waals surface area contributed by atoms with Gasteiger partial charge in [-0.25, -0.2) is 0 Å². The molecular weight excluding hydrogens is 246 g/mol. The number of carbonyl (C=O) groups is 1. The van der Waals surface area contributed by atoms with E-state index in [0.717, 1.165) is 12.8 Å². The lowest BCUT2D eigenvalue weighted by molar-refractivity contribution is -0.127. The molecule has 1 fully saturated rings. The van der Waals surface area contributed by atoms with Crippen molar-refractivity contribution in [2.75, 3.05) is 6.54 Å². The number of unbranched alkanes of at least 4 members (excludes halogenated alkanes) is 1. The topological polar surface area (TPSA) is 96.9 Å². The normalized spacial score (nSPS) is 31.4. The first-order chi connectivity index (χ1) is 8.97. The van der Waals surface area contributed by atoms with Crippen molar-refractivity contribution in [3.63, 3.8) is 0 Å². The molecule has 0 aromatic heterocycles. The number of ether oxygens (including phenoxy) is 1. The van der Waals surface area contributed by atoms with E-state index in [1.54, 1.807) is 0 Å². The molecule has 1 amide bonds. The van der Waals surface area contributed by atoms with Gasteiger partial charge < -0.3 is 21.0 Å². The summed E-state index contributed by atoms with van der Waals surface area (Å²) in [4.78, 5) is 12.1. The molecule has 0 bridgehead atoms. The van der Waals surface area contributed by atoms with Crippen LogP contribution in [-0.2, 0) is 9.53 Å². The molecule has 6 nitrogen and oxygen atoms in total. The van der Waals surface area contributed by atoms with Crippen molar-refractivity contribution in [1.82, 2.24) is 5.32 Å². The van der Waals surface area contributed by atoms with Crippen LogP contribution in [0.1, 0.15) is 40.0 Å². The van der Waals surface area contributed by atoms with Crippen molar-refractivity contribution in [2.45, 2.75) is 52.2 Å². The van der Waals surface area contributed by atoms with E-state index in [2.05, 4.69) is 17.4 Å². The second kappa shape index (κ2) is 7.33. The van der Waals surface area contributed by atoms with Crippen molar-refractivity contribution in [2.24, 2.45) is 22.7 Å². The van der Waals surface area contributed by atoms with Gasteiger partial charge in [0.05, 0.1) is 18.1 Å². The fourth-order valence-corrected chi connectivity index (χ4v) is 2.53. The van der Waals surface area contributed by atoms with Crippen LogP contribution in [0.5, 0.6) is 0 Å². The van der Waals surface area contributed by atoms with E-state index < -0.39 is 0 Å². The van der Waals surface area contributed by atoms with Gasteiger partial charge in [0.2, 0.25) is 5.91 Å². The number of amides is 1. The predicted octanol–water partition coefficient (Wildman–Crippen LogP) is 1.08. The molecular formula is C13H25N3O3. The zero-order valence-electron chi connectivity index (χ0n) is 11.9. The summed E-state index contributed by atoms with van der Waals surface area (Å²) in [6.07, 6.45) is 2.25. The highest BCUT2D eigenvalue weighted by Crippen LogP contribution is 2.32. The number of hydrogen-bond acceptors (Lipinski definition) is 4. The van der Waals surface area contributed by atoms with Gasteiger partial charge >= 0.3 is 0 Å². The van der Waals surface area contributed by atoms with Gasteiger partial charge in [0.15, 0.2) is 0 Å². The molecule has 0 aliphatic carbocycles. The Balaban J connectivity index is 2.24. The lowest BCUT2D eigenvalue weighted by Gasteiger charge is -2.17. The highest BCUT2D eigenvalue weighted by Gasteiger charge is 2.41. The molecule has 4 N–H and O–H groups in total. The molecule has 0 spiro atoms. The number of nitrogens with two attached hydrogens (primary N) is 1. The van der Waals surface area contributed by atoms with E-state index in [1.165, 1.54) is 0 Å². The number of hydrogen-bond donors (Lipinski definition) is 3. The van der Waals surface area contributed by atoms with Gasteiger partial charge in [-0.1, -0.05) is 12.1 Å². The van der Waals surface area contributed by atoms with E-state index in [9.17, 15) is 4.79 Å². The van der Waals surface area contributed by atoms with E-state index in [-0.39, 0.29) is 35.8 Å². The number of amidine groups is 1. The Bertz CT molecular complexity index is 333. The minimum absolute atomic E-state index is 0.0258. The molecule has 1 heterocycles. The van der Waals surface area contributed by atoms with Gasteiger partial charge in [-0.15, -0.1) is 0 Å². The lowest BCUT2D eigenvalue weighted by Crippen LogP contribution is -2.37. The van der Waals surface area contributed by atoms with Crippen molar-refractivity contribution in [3.05, 3.63) is 0 Å². The molecule has 1 aliphatic heterocycles. The molecule has 0 saturated carbocycles. The Kier molecular flexibility index (Phi) is 6.08. The molecule has 6 heteroatoms. The molecule has 4 atom stereocenters. The molecule has 19 heavy (non-hydrogen) atoms. The molecule has 0 aromatic carbocycles. The van der Waals surface area contributed by atoms with E-state index >= 15 is 0 Å². The van der Waals surface area contributed by atoms with Gasteiger partial charge in [-0.05, 0) is 32.6 Å². The van der Waals surface area contributed by atoms with Crippen LogP contribution in [0.15, 0.2) is 5.16 Å². The molecule has 0 radical (unpaired) electrons. The van der Waals surface area contributed by atoms with Gasteiger partial charge in [0.1, 0.15) is 5.84 Å². The number of rotatable bonds is 6. The van der Waals surface area contributed by atoms with Crippen molar-refractivity contribution < 1.29 is 14.7 Å². The summed E-state index contributed by atoms with van der Waals surface area (Å²) in [7, 11) is 0. The lowest BCUT2D eigenvalue weighted by atomic mass is 9.89. The van der Waals surface area contributed by atoms with Crippen molar-refractivity contribution in [3.8, 4) is 0 Å². The van der Waals surface area contributed by atoms with Gasteiger partial charge in [0, 0.05) is 13.0 Å². The first kappa shape index (κ1) is 15.8. The third-order valence-corrected chi connectivity index (χ3v) is 3.83. The monoisotopic (exact) mass is 271 g/mol. The Labute approximate surface area is 114 Å². The average molecular weight is 271 g/mol. The smallest absolute Gasteiger partial charge is 0.226 e. The summed E-state index contributed by atoms with van der Waals surface area (Å²) in [5.41, 5.74) is 5.36. The fourth-order valence-electron chi connectivity index (χ4n) is 2.53. The summed E-state index contributed by atoms with van der Waals surface area (Å²) in [5.74, 6) is 0.464. The molecule has 1 saturated heterocycles. The Morgan fingerprint density at radius 1 is 1.32 bits per heavy atom. The maximum absolute atomic E-state index is 12.1. The zero-order chi connectivity index (χ0) is 14.4. The second-order valence-electron chi connectivity index (χ2n) is 5.27. The average Bonchev–Trinajstić information content (AvgIpc) is 2.62. The minimum Gasteiger partial charge on any atom is -0.409 e. The van der Waals surface area contributed by atoms with E-state index in [0.29, 0.717) is 13.0 Å². The Morgan fingerprint density at radius 3 is 2.53 bits per heavy atom. The molecule has 110 valence electrons. The summed E-state index contributed by atoms with van der Waals surface area (Å²) >= 11 is 0. The molecule has 1 aliphatic rings. The van der Waals surface area contributed by atoms with Crippen LogP contribution in [0.25, 0.3) is 0 Å². The SMILES string of the molecule is CC1OC(C)C(C(=O)NCCCCC(N)=NO)C1C. The summed E-state index contributed by atoms with van der Waals surface area (Å²) in [6.45, 7) is 6.62. The number of nitrogens with zero attached hydrogens (tertiary/aromatic N) is 1. The van der Waals surface area contributed by atoms with E-state index in [4.69, 9.17) is 15.7 Å². The maximum atomic E-state index is 12.1. The van der Waals surface area contributed by atoms with E-state index in [1.807, 2.05) is 13.8 Å². The van der Waals surface area contributed by atoms with Crippen LogP contribution >= 0.6 is 0 Å². The third kappa shape index (κ3) is 4.38. The highest BCUT2D eigenvalue weighted by molar-refractivity contribution is 5.80. The minimum atomic E-state index is -0.0703. The second-order valence-corrected chi connectivity index (χ2v) is 5.27. The van der Waals surface area contributed by atoms with Gasteiger partial charge in [-0.3, -0.25) is 4.79 Å².